The number of hydrogen-bond donors (Lipinski definition) is 6. The maximum absolute atomic E-state index is 13.5. The summed E-state index contributed by atoms with van der Waals surface area (Å²) in [6.45, 7) is 2.20. The van der Waals surface area contributed by atoms with Crippen LogP contribution in [-0.4, -0.2) is 38.2 Å². The van der Waals surface area contributed by atoms with Gasteiger partial charge in [0.05, 0.1) is 5.75 Å². The van der Waals surface area contributed by atoms with Gasteiger partial charge in [0.1, 0.15) is 17.9 Å². The second-order valence-electron chi connectivity index (χ2n) is 9.89. The molecule has 0 aliphatic heterocycles. The van der Waals surface area contributed by atoms with E-state index < -0.39 is 28.0 Å². The summed E-state index contributed by atoms with van der Waals surface area (Å²) < 4.78 is 28.7. The molecule has 0 aliphatic carbocycles. The fraction of sp³-hybridized carbons (Fsp3) is 0.300. The Morgan fingerprint density at radius 3 is 2.10 bits per heavy atom. The quantitative estimate of drug-likeness (QED) is 0.0916. The topological polar surface area (TPSA) is 180 Å². The second kappa shape index (κ2) is 15.0. The van der Waals surface area contributed by atoms with Gasteiger partial charge >= 0.3 is 0 Å². The number of unbranched alkanes of at least 4 members (excludes halogenated alkanes) is 1. The maximum atomic E-state index is 13.5. The molecule has 218 valence electrons. The molecular formula is C30H38N6O4S. The third kappa shape index (κ3) is 10.4. The van der Waals surface area contributed by atoms with Crippen LogP contribution in [0.4, 0.5) is 5.69 Å². The first-order valence-corrected chi connectivity index (χ1v) is 15.1. The van der Waals surface area contributed by atoms with Gasteiger partial charge in [0.2, 0.25) is 21.8 Å². The third-order valence-corrected chi connectivity index (χ3v) is 7.83. The van der Waals surface area contributed by atoms with Crippen molar-refractivity contribution >= 4 is 33.4 Å². The van der Waals surface area contributed by atoms with E-state index in [9.17, 15) is 18.0 Å². The van der Waals surface area contributed by atoms with Crippen molar-refractivity contribution < 1.29 is 18.0 Å². The summed E-state index contributed by atoms with van der Waals surface area (Å²) in [7, 11) is -3.90. The van der Waals surface area contributed by atoms with Crippen molar-refractivity contribution in [2.45, 2.75) is 57.0 Å². The van der Waals surface area contributed by atoms with E-state index in [0.717, 1.165) is 12.0 Å². The Morgan fingerprint density at radius 1 is 0.854 bits per heavy atom. The number of nitrogens with two attached hydrogens (primary N) is 2. The first-order valence-electron chi connectivity index (χ1n) is 13.5. The van der Waals surface area contributed by atoms with E-state index in [-0.39, 0.29) is 30.5 Å². The molecule has 3 aromatic carbocycles. The van der Waals surface area contributed by atoms with Crippen molar-refractivity contribution in [3.63, 3.8) is 0 Å². The molecule has 10 nitrogen and oxygen atoms in total. The molecule has 2 unspecified atom stereocenters. The molecule has 0 heterocycles. The molecule has 0 saturated heterocycles. The number of hydrogen-bond acceptors (Lipinski definition) is 6. The van der Waals surface area contributed by atoms with Gasteiger partial charge in [-0.1, -0.05) is 86.5 Å². The van der Waals surface area contributed by atoms with Gasteiger partial charge in [0, 0.05) is 17.8 Å². The minimum absolute atomic E-state index is 0.0455. The predicted molar refractivity (Wildman–Crippen MR) is 161 cm³/mol. The average molecular weight is 579 g/mol. The Bertz CT molecular complexity index is 1410. The molecule has 2 atom stereocenters. The molecule has 0 aromatic heterocycles. The van der Waals surface area contributed by atoms with Crippen molar-refractivity contribution in [3.05, 3.63) is 101 Å². The first-order chi connectivity index (χ1) is 19.6. The predicted octanol–water partition coefficient (Wildman–Crippen LogP) is 2.57. The summed E-state index contributed by atoms with van der Waals surface area (Å²) >= 11 is 0. The van der Waals surface area contributed by atoms with Gasteiger partial charge < -0.3 is 22.1 Å². The van der Waals surface area contributed by atoms with Crippen LogP contribution in [0.2, 0.25) is 0 Å². The fourth-order valence-electron chi connectivity index (χ4n) is 4.19. The Hall–Kier alpha value is -4.22. The Kier molecular flexibility index (Phi) is 11.4. The molecule has 0 radical (unpaired) electrons. The Balaban J connectivity index is 1.75. The zero-order valence-electron chi connectivity index (χ0n) is 23.1. The van der Waals surface area contributed by atoms with Crippen LogP contribution in [0.1, 0.15) is 48.4 Å². The van der Waals surface area contributed by atoms with Gasteiger partial charge in [-0.2, -0.15) is 0 Å². The average Bonchev–Trinajstić information content (AvgIpc) is 2.95. The largest absolute Gasteiger partial charge is 0.399 e. The van der Waals surface area contributed by atoms with Gasteiger partial charge in [-0.15, -0.1) is 0 Å². The minimum atomic E-state index is -3.90. The molecule has 0 aliphatic rings. The highest BCUT2D eigenvalue weighted by molar-refractivity contribution is 7.88. The van der Waals surface area contributed by atoms with Gasteiger partial charge in [0.25, 0.3) is 0 Å². The number of rotatable bonds is 15. The lowest BCUT2D eigenvalue weighted by Gasteiger charge is -2.23. The van der Waals surface area contributed by atoms with Crippen LogP contribution >= 0.6 is 0 Å². The van der Waals surface area contributed by atoms with E-state index in [0.29, 0.717) is 35.2 Å². The first kappa shape index (κ1) is 31.3. The molecule has 2 amide bonds. The number of amides is 2. The van der Waals surface area contributed by atoms with Gasteiger partial charge in [-0.25, -0.2) is 13.1 Å². The molecular weight excluding hydrogens is 540 g/mol. The number of benzene rings is 3. The number of amidine groups is 1. The van der Waals surface area contributed by atoms with Crippen LogP contribution in [0.15, 0.2) is 78.9 Å². The molecule has 3 rings (SSSR count). The Morgan fingerprint density at radius 2 is 1.49 bits per heavy atom. The zero-order valence-corrected chi connectivity index (χ0v) is 23.9. The number of carbonyl (C=O) groups excluding carboxylic acids is 2. The normalized spacial score (nSPS) is 12.7. The summed E-state index contributed by atoms with van der Waals surface area (Å²) in [4.78, 5) is 26.7. The summed E-state index contributed by atoms with van der Waals surface area (Å²) in [6.07, 6.45) is 1.96. The highest BCUT2D eigenvalue weighted by atomic mass is 32.2. The van der Waals surface area contributed by atoms with E-state index in [1.165, 1.54) is 0 Å². The fourth-order valence-corrected chi connectivity index (χ4v) is 5.53. The molecule has 3 aromatic rings. The summed E-state index contributed by atoms with van der Waals surface area (Å²) in [5, 5.41) is 13.1. The van der Waals surface area contributed by atoms with Crippen molar-refractivity contribution in [2.75, 3.05) is 5.73 Å². The number of nitrogen functional groups attached to an aromatic ring is 2. The third-order valence-electron chi connectivity index (χ3n) is 6.47. The van der Waals surface area contributed by atoms with E-state index in [1.807, 2.05) is 6.92 Å². The standard InChI is InChI=1S/C30H38N6O4S/c1-2-3-9-26(29(37)34-19-22-10-14-24(15-11-22)28(32)33)35-30(38)27(18-21-12-16-25(31)17-13-21)36-41(39,40)20-23-7-5-4-6-8-23/h4-8,10-17,26-27,36H,2-3,9,18-20,31H2,1H3,(H3,32,33)(H,34,37)(H,35,38). The van der Waals surface area contributed by atoms with E-state index in [4.69, 9.17) is 16.9 Å². The van der Waals surface area contributed by atoms with Crippen LogP contribution in [0.3, 0.4) is 0 Å². The number of anilines is 1. The van der Waals surface area contributed by atoms with Crippen LogP contribution < -0.4 is 26.8 Å². The van der Waals surface area contributed by atoms with Crippen molar-refractivity contribution in [1.82, 2.24) is 15.4 Å². The lowest BCUT2D eigenvalue weighted by molar-refractivity contribution is -0.130. The highest BCUT2D eigenvalue weighted by Crippen LogP contribution is 2.12. The van der Waals surface area contributed by atoms with Crippen LogP contribution in [-0.2, 0) is 38.3 Å². The van der Waals surface area contributed by atoms with Gasteiger partial charge in [0.15, 0.2) is 0 Å². The van der Waals surface area contributed by atoms with Crippen molar-refractivity contribution in [1.29, 1.82) is 5.41 Å². The minimum Gasteiger partial charge on any atom is -0.399 e. The Labute approximate surface area is 241 Å². The maximum Gasteiger partial charge on any atom is 0.242 e. The SMILES string of the molecule is CCCCC(NC(=O)C(Cc1ccc(N)cc1)NS(=O)(=O)Cc1ccccc1)C(=O)NCc1ccc(C(=N)N)cc1. The van der Waals surface area contributed by atoms with Crippen LogP contribution in [0.25, 0.3) is 0 Å². The van der Waals surface area contributed by atoms with Crippen molar-refractivity contribution in [2.24, 2.45) is 5.73 Å². The summed E-state index contributed by atoms with van der Waals surface area (Å²) in [6, 6.07) is 20.5. The van der Waals surface area contributed by atoms with Crippen molar-refractivity contribution in [3.8, 4) is 0 Å². The van der Waals surface area contributed by atoms with Crippen LogP contribution in [0.5, 0.6) is 0 Å². The lowest BCUT2D eigenvalue weighted by Crippen LogP contribution is -2.54. The molecule has 11 heteroatoms. The molecule has 41 heavy (non-hydrogen) atoms. The second-order valence-corrected chi connectivity index (χ2v) is 11.6. The highest BCUT2D eigenvalue weighted by Gasteiger charge is 2.29. The molecule has 0 spiro atoms. The zero-order chi connectivity index (χ0) is 29.8. The summed E-state index contributed by atoms with van der Waals surface area (Å²) in [5.74, 6) is -1.31. The van der Waals surface area contributed by atoms with E-state index in [1.54, 1.807) is 78.9 Å². The molecule has 0 saturated carbocycles. The molecule has 8 N–H and O–H groups in total. The smallest absolute Gasteiger partial charge is 0.242 e. The number of carbonyl (C=O) groups is 2. The van der Waals surface area contributed by atoms with Gasteiger partial charge in [-0.05, 0) is 41.7 Å². The number of sulfonamides is 1. The molecule has 0 fully saturated rings. The number of nitrogens with one attached hydrogen (secondary N) is 4. The van der Waals surface area contributed by atoms with Crippen LogP contribution in [0, 0.1) is 5.41 Å². The summed E-state index contributed by atoms with van der Waals surface area (Å²) in [5.41, 5.74) is 14.5. The lowest BCUT2D eigenvalue weighted by atomic mass is 10.0. The van der Waals surface area contributed by atoms with Gasteiger partial charge in [-0.3, -0.25) is 15.0 Å². The monoisotopic (exact) mass is 578 g/mol. The van der Waals surface area contributed by atoms with E-state index >= 15 is 0 Å². The van der Waals surface area contributed by atoms with E-state index in [2.05, 4.69) is 15.4 Å². The molecule has 0 bridgehead atoms.